The Balaban J connectivity index is 0. The molecule has 0 aromatic carbocycles. The van der Waals surface area contributed by atoms with Crippen LogP contribution in [0.5, 0.6) is 0 Å². The summed E-state index contributed by atoms with van der Waals surface area (Å²) in [6.45, 7) is 0. The van der Waals surface area contributed by atoms with Gasteiger partial charge in [0, 0.05) is 42.1 Å². The molecule has 0 fully saturated rings. The van der Waals surface area contributed by atoms with Crippen LogP contribution in [0.1, 0.15) is 7.43 Å². The summed E-state index contributed by atoms with van der Waals surface area (Å²) < 4.78 is 0. The van der Waals surface area contributed by atoms with Crippen molar-refractivity contribution in [1.29, 1.82) is 0 Å². The third-order valence-corrected chi connectivity index (χ3v) is 0. The van der Waals surface area contributed by atoms with E-state index in [0.29, 0.717) is 0 Å². The van der Waals surface area contributed by atoms with Gasteiger partial charge < -0.3 is 29.7 Å². The average molecular weight is 444 g/mol. The minimum Gasteiger partial charge on any atom is -0.358 e. The van der Waals surface area contributed by atoms with Gasteiger partial charge in [0.1, 0.15) is 0 Å². The van der Waals surface area contributed by atoms with Crippen LogP contribution in [0.25, 0.3) is 0 Å². The molecule has 0 heterocycles. The topological polar surface area (TPSA) is 0 Å². The van der Waals surface area contributed by atoms with Crippen molar-refractivity contribution >= 4 is 0 Å². The fraction of sp³-hybridized carbons (Fsp3) is 0.200. The molecule has 0 aliphatic heterocycles. The van der Waals surface area contributed by atoms with Crippen LogP contribution in [0, 0.1) is 29.7 Å². The molecule has 0 aromatic rings. The van der Waals surface area contributed by atoms with Crippen LogP contribution in [0.2, 0.25) is 0 Å². The molecule has 0 nitrogen and oxygen atoms in total. The predicted octanol–water partition coefficient (Wildman–Crippen LogP) is 2.43. The summed E-state index contributed by atoms with van der Waals surface area (Å²) in [5.74, 6) is 0. The molecule has 0 aromatic heterocycles. The largest absolute Gasteiger partial charge is 0.358 e. The number of hydrogen-bond donors (Lipinski definition) is 0. The van der Waals surface area contributed by atoms with Gasteiger partial charge in [-0.15, -0.1) is 0 Å². The van der Waals surface area contributed by atoms with Crippen LogP contribution >= 0.6 is 0 Å². The van der Waals surface area contributed by atoms with Crippen molar-refractivity contribution in [2.24, 2.45) is 0 Å². The van der Waals surface area contributed by atoms with Gasteiger partial charge in [0.25, 0.3) is 0 Å². The van der Waals surface area contributed by atoms with Gasteiger partial charge in [-0.3, -0.25) is 0 Å². The van der Waals surface area contributed by atoms with Crippen LogP contribution in [0.3, 0.4) is 0 Å². The van der Waals surface area contributed by atoms with Gasteiger partial charge in [-0.2, -0.15) is 0 Å². The third-order valence-electron chi connectivity index (χ3n) is 0. The van der Waals surface area contributed by atoms with Gasteiger partial charge in [-0.05, 0) is 0 Å². The molecule has 0 spiro atoms. The molecule has 0 bridgehead atoms. The van der Waals surface area contributed by atoms with E-state index < -0.39 is 0 Å². The summed E-state index contributed by atoms with van der Waals surface area (Å²) in [5, 5.41) is 0. The molecule has 0 amide bonds. The maximum absolute atomic E-state index is 0. The summed E-state index contributed by atoms with van der Waals surface area (Å²) >= 11 is 0. The van der Waals surface area contributed by atoms with Crippen molar-refractivity contribution in [3.63, 3.8) is 0 Å². The molecule has 0 radical (unpaired) electrons. The van der Waals surface area contributed by atoms with Crippen molar-refractivity contribution in [2.45, 2.75) is 7.43 Å². The van der Waals surface area contributed by atoms with E-state index >= 15 is 0 Å². The van der Waals surface area contributed by atoms with Crippen LogP contribution in [-0.4, -0.2) is 0 Å². The first-order valence-corrected chi connectivity index (χ1v) is 0. The predicted molar refractivity (Wildman–Crippen MR) is 32.4 cm³/mol. The maximum atomic E-state index is 0. The van der Waals surface area contributed by atoms with E-state index in [1.807, 2.05) is 0 Å². The first kappa shape index (κ1) is 241. The molecule has 52 valence electrons. The molecular formula is C5H16W2-4. The molecular weight excluding hydrogens is 428 g/mol. The van der Waals surface area contributed by atoms with E-state index in [0.717, 1.165) is 0 Å². The molecule has 0 rings (SSSR count). The first-order chi connectivity index (χ1) is 0. The third kappa shape index (κ3) is 113. The zero-order valence-corrected chi connectivity index (χ0v) is 10.7. The van der Waals surface area contributed by atoms with Gasteiger partial charge in [-0.1, -0.05) is 7.43 Å². The summed E-state index contributed by atoms with van der Waals surface area (Å²) in [6.07, 6.45) is 0. The van der Waals surface area contributed by atoms with Crippen molar-refractivity contribution < 1.29 is 42.1 Å². The zero-order chi connectivity index (χ0) is 0. The van der Waals surface area contributed by atoms with E-state index in [1.165, 1.54) is 0 Å². The molecule has 0 aliphatic rings. The number of rotatable bonds is 0. The Morgan fingerprint density at radius 3 is 0.429 bits per heavy atom. The van der Waals surface area contributed by atoms with Crippen molar-refractivity contribution in [3.05, 3.63) is 29.7 Å². The van der Waals surface area contributed by atoms with Crippen molar-refractivity contribution in [2.75, 3.05) is 0 Å². The van der Waals surface area contributed by atoms with E-state index in [-0.39, 0.29) is 79.3 Å². The van der Waals surface area contributed by atoms with Crippen LogP contribution in [-0.2, 0) is 42.1 Å². The van der Waals surface area contributed by atoms with E-state index in [4.69, 9.17) is 0 Å². The van der Waals surface area contributed by atoms with Crippen LogP contribution in [0.4, 0.5) is 0 Å². The second kappa shape index (κ2) is 158. The minimum atomic E-state index is 0. The molecule has 0 N–H and O–H groups in total. The molecule has 0 unspecified atom stereocenters. The Bertz CT molecular complexity index is 6.04. The monoisotopic (exact) mass is 444 g/mol. The zero-order valence-electron chi connectivity index (χ0n) is 4.82. The normalized spacial score (nSPS) is 0. The van der Waals surface area contributed by atoms with Crippen molar-refractivity contribution in [3.8, 4) is 0 Å². The van der Waals surface area contributed by atoms with Gasteiger partial charge >= 0.3 is 0 Å². The fourth-order valence-corrected chi connectivity index (χ4v) is 0. The quantitative estimate of drug-likeness (QED) is 0.505. The molecule has 0 saturated heterocycles. The average Bonchev–Trinajstić information content (AvgIpc) is 0. The number of hydrogen-bond acceptors (Lipinski definition) is 0. The summed E-state index contributed by atoms with van der Waals surface area (Å²) in [7, 11) is 0. The Labute approximate surface area is 79.0 Å². The van der Waals surface area contributed by atoms with Crippen LogP contribution < -0.4 is 0 Å². The SMILES string of the molecule is C.[CH3-].[CH3-].[CH3-].[CH3-].[W].[W]. The standard InChI is InChI=1S/CH4.4CH3.2W/h1H4;4*1H3;;/q;4*-1;;. The maximum Gasteiger partial charge on any atom is 0 e. The van der Waals surface area contributed by atoms with E-state index in [2.05, 4.69) is 0 Å². The molecule has 2 heteroatoms. The Kier molecular flexibility index (Phi) is 5440. The summed E-state index contributed by atoms with van der Waals surface area (Å²) in [6, 6.07) is 0. The van der Waals surface area contributed by atoms with Gasteiger partial charge in [0.05, 0.1) is 0 Å². The minimum absolute atomic E-state index is 0. The summed E-state index contributed by atoms with van der Waals surface area (Å²) in [5.41, 5.74) is 0. The van der Waals surface area contributed by atoms with E-state index in [9.17, 15) is 0 Å². The summed E-state index contributed by atoms with van der Waals surface area (Å²) in [4.78, 5) is 0. The Morgan fingerprint density at radius 2 is 0.429 bits per heavy atom. The second-order valence-electron chi connectivity index (χ2n) is 0. The fourth-order valence-electron chi connectivity index (χ4n) is 0. The molecule has 0 aliphatic carbocycles. The second-order valence-corrected chi connectivity index (χ2v) is 0. The van der Waals surface area contributed by atoms with Crippen LogP contribution in [0.15, 0.2) is 0 Å². The Morgan fingerprint density at radius 1 is 0.429 bits per heavy atom. The van der Waals surface area contributed by atoms with Gasteiger partial charge in [0.15, 0.2) is 0 Å². The molecule has 0 atom stereocenters. The first-order valence-electron chi connectivity index (χ1n) is 0. The van der Waals surface area contributed by atoms with Gasteiger partial charge in [-0.25, -0.2) is 0 Å². The van der Waals surface area contributed by atoms with Crippen molar-refractivity contribution in [1.82, 2.24) is 0 Å². The van der Waals surface area contributed by atoms with Gasteiger partial charge in [0.2, 0.25) is 0 Å². The molecule has 7 heavy (non-hydrogen) atoms. The smallest absolute Gasteiger partial charge is 0 e. The van der Waals surface area contributed by atoms with E-state index in [1.54, 1.807) is 0 Å². The Hall–Kier alpha value is 1.38. The molecule has 0 saturated carbocycles.